The van der Waals surface area contributed by atoms with Crippen LogP contribution in [-0.2, 0) is 9.59 Å². The summed E-state index contributed by atoms with van der Waals surface area (Å²) in [5.41, 5.74) is 2.80. The van der Waals surface area contributed by atoms with Crippen molar-refractivity contribution in [2.75, 3.05) is 6.54 Å². The number of amides is 2. The molecule has 0 radical (unpaired) electrons. The second-order valence-corrected chi connectivity index (χ2v) is 9.97. The summed E-state index contributed by atoms with van der Waals surface area (Å²) in [6, 6.07) is 9.49. The highest BCUT2D eigenvalue weighted by Gasteiger charge is 2.34. The first kappa shape index (κ1) is 21.7. The summed E-state index contributed by atoms with van der Waals surface area (Å²) < 4.78 is 0. The molecule has 3 atom stereocenters. The molecule has 3 fully saturated rings. The predicted octanol–water partition coefficient (Wildman–Crippen LogP) is 3.57. The van der Waals surface area contributed by atoms with Crippen molar-refractivity contribution in [2.45, 2.75) is 63.3 Å². The highest BCUT2D eigenvalue weighted by atomic mass is 16.2. The molecule has 33 heavy (non-hydrogen) atoms. The number of benzene rings is 1. The van der Waals surface area contributed by atoms with E-state index in [4.69, 9.17) is 0 Å². The largest absolute Gasteiger partial charge is 0.356 e. The number of nitrogens with one attached hydrogen (secondary N) is 3. The number of carbonyl (C=O) groups is 3. The van der Waals surface area contributed by atoms with E-state index in [2.05, 4.69) is 27.8 Å². The number of fused-ring (bicyclic) bond motifs is 1. The molecule has 0 bridgehead atoms. The zero-order valence-corrected chi connectivity index (χ0v) is 18.7. The molecule has 2 aliphatic carbocycles. The number of aromatic nitrogens is 1. The van der Waals surface area contributed by atoms with E-state index in [-0.39, 0.29) is 29.9 Å². The molecule has 2 aromatic rings. The summed E-state index contributed by atoms with van der Waals surface area (Å²) >= 11 is 0. The summed E-state index contributed by atoms with van der Waals surface area (Å²) in [6.07, 6.45) is 6.32. The van der Waals surface area contributed by atoms with Crippen LogP contribution in [0.2, 0.25) is 0 Å². The van der Waals surface area contributed by atoms with Crippen LogP contribution < -0.4 is 10.6 Å². The van der Waals surface area contributed by atoms with E-state index in [9.17, 15) is 19.6 Å². The molecule has 2 saturated carbocycles. The van der Waals surface area contributed by atoms with Crippen molar-refractivity contribution >= 4 is 28.5 Å². The van der Waals surface area contributed by atoms with Crippen LogP contribution in [0.25, 0.3) is 10.9 Å². The van der Waals surface area contributed by atoms with Gasteiger partial charge in [0.1, 0.15) is 6.04 Å². The Balaban J connectivity index is 1.27. The molecule has 5 rings (SSSR count). The summed E-state index contributed by atoms with van der Waals surface area (Å²) in [6.45, 7) is 0.612. The van der Waals surface area contributed by atoms with Gasteiger partial charge in [0, 0.05) is 35.7 Å². The first-order valence-electron chi connectivity index (χ1n) is 12.1. The van der Waals surface area contributed by atoms with E-state index in [1.54, 1.807) is 0 Å². The molecule has 1 saturated heterocycles. The minimum atomic E-state index is -0.725. The van der Waals surface area contributed by atoms with Crippen LogP contribution in [0.3, 0.4) is 0 Å². The smallest absolute Gasteiger partial charge is 0.224 e. The first-order valence-corrected chi connectivity index (χ1v) is 12.1. The molecule has 1 aromatic carbocycles. The van der Waals surface area contributed by atoms with Gasteiger partial charge in [-0.1, -0.05) is 25.0 Å². The molecule has 0 spiro atoms. The fraction of sp³-hybridized carbons (Fsp3) is 0.538. The third-order valence-corrected chi connectivity index (χ3v) is 7.29. The van der Waals surface area contributed by atoms with Gasteiger partial charge in [-0.2, -0.15) is 5.26 Å². The van der Waals surface area contributed by atoms with Gasteiger partial charge >= 0.3 is 0 Å². The van der Waals surface area contributed by atoms with E-state index < -0.39 is 12.0 Å². The van der Waals surface area contributed by atoms with Crippen LogP contribution >= 0.6 is 0 Å². The third kappa shape index (κ3) is 4.95. The highest BCUT2D eigenvalue weighted by molar-refractivity contribution is 6.02. The topological polar surface area (TPSA) is 115 Å². The van der Waals surface area contributed by atoms with Crippen LogP contribution in [0.4, 0.5) is 0 Å². The Morgan fingerprint density at radius 1 is 1.15 bits per heavy atom. The van der Waals surface area contributed by atoms with Crippen molar-refractivity contribution in [1.82, 2.24) is 15.6 Å². The maximum absolute atomic E-state index is 13.2. The maximum atomic E-state index is 13.2. The van der Waals surface area contributed by atoms with Crippen LogP contribution in [0.1, 0.15) is 73.3 Å². The van der Waals surface area contributed by atoms with Gasteiger partial charge in [0.25, 0.3) is 0 Å². The number of hydrogen-bond acceptors (Lipinski definition) is 4. The van der Waals surface area contributed by atoms with Crippen molar-refractivity contribution < 1.29 is 14.4 Å². The number of nitrogens with zero attached hydrogens (tertiary/aromatic N) is 1. The summed E-state index contributed by atoms with van der Waals surface area (Å²) in [4.78, 5) is 41.4. The number of hydrogen-bond donors (Lipinski definition) is 3. The molecule has 1 aromatic heterocycles. The number of H-pyrrole nitrogens is 1. The SMILES string of the molecule is N#C[C@H](C[C@@H]1CCNC1=O)NC(=O)[C@@H](CC(=O)c1cc2c(C3CC3)cccc2[nH]1)CC1CC1. The zero-order chi connectivity index (χ0) is 22.9. The highest BCUT2D eigenvalue weighted by Crippen LogP contribution is 2.43. The molecular weight excluding hydrogens is 416 g/mol. The minimum Gasteiger partial charge on any atom is -0.356 e. The maximum Gasteiger partial charge on any atom is 0.224 e. The molecule has 2 amide bonds. The number of Topliss-reactive ketones (excluding diaryl/α,β-unsaturated/α-hetero) is 1. The van der Waals surface area contributed by atoms with E-state index in [0.29, 0.717) is 43.3 Å². The molecule has 0 unspecified atom stereocenters. The molecule has 7 nitrogen and oxygen atoms in total. The van der Waals surface area contributed by atoms with Gasteiger partial charge in [-0.15, -0.1) is 0 Å². The van der Waals surface area contributed by atoms with E-state index in [1.165, 1.54) is 18.4 Å². The zero-order valence-electron chi connectivity index (χ0n) is 18.7. The van der Waals surface area contributed by atoms with E-state index in [0.717, 1.165) is 23.7 Å². The summed E-state index contributed by atoms with van der Waals surface area (Å²) in [5.74, 6) is -0.0337. The fourth-order valence-electron chi connectivity index (χ4n) is 5.04. The Kier molecular flexibility index (Phi) is 5.92. The second kappa shape index (κ2) is 9.01. The lowest BCUT2D eigenvalue weighted by Gasteiger charge is -2.19. The molecule has 1 aliphatic heterocycles. The molecule has 2 heterocycles. The lowest BCUT2D eigenvalue weighted by Crippen LogP contribution is -2.40. The number of ketones is 1. The normalized spacial score (nSPS) is 21.9. The van der Waals surface area contributed by atoms with Crippen LogP contribution in [0.5, 0.6) is 0 Å². The summed E-state index contributed by atoms with van der Waals surface area (Å²) in [7, 11) is 0. The number of carbonyl (C=O) groups excluding carboxylic acids is 3. The van der Waals surface area contributed by atoms with Crippen molar-refractivity contribution in [2.24, 2.45) is 17.8 Å². The minimum absolute atomic E-state index is 0.0569. The van der Waals surface area contributed by atoms with Crippen LogP contribution in [0, 0.1) is 29.1 Å². The van der Waals surface area contributed by atoms with Crippen molar-refractivity contribution in [3.63, 3.8) is 0 Å². The van der Waals surface area contributed by atoms with E-state index in [1.807, 2.05) is 18.2 Å². The number of nitriles is 1. The van der Waals surface area contributed by atoms with Gasteiger partial charge in [0.2, 0.25) is 11.8 Å². The van der Waals surface area contributed by atoms with Gasteiger partial charge in [-0.3, -0.25) is 14.4 Å². The van der Waals surface area contributed by atoms with Crippen molar-refractivity contribution in [3.8, 4) is 6.07 Å². The van der Waals surface area contributed by atoms with Crippen LogP contribution in [0.15, 0.2) is 24.3 Å². The Labute approximate surface area is 193 Å². The molecule has 3 N–H and O–H groups in total. The van der Waals surface area contributed by atoms with Gasteiger partial charge in [0.05, 0.1) is 11.8 Å². The lowest BCUT2D eigenvalue weighted by molar-refractivity contribution is -0.127. The predicted molar refractivity (Wildman–Crippen MR) is 123 cm³/mol. The average molecular weight is 447 g/mol. The van der Waals surface area contributed by atoms with Crippen molar-refractivity contribution in [3.05, 3.63) is 35.5 Å². The number of aromatic amines is 1. The standard InChI is InChI=1S/C26H30N4O3/c27-14-19(11-17-8-9-28-25(17)32)29-26(33)18(10-15-4-5-15)12-24(31)23-13-21-20(16-6-7-16)2-1-3-22(21)30-23/h1-3,13,15-19,30H,4-12H2,(H,28,32)(H,29,33)/t17-,18+,19-/m0/s1. The van der Waals surface area contributed by atoms with Gasteiger partial charge < -0.3 is 15.6 Å². The molecule has 3 aliphatic rings. The van der Waals surface area contributed by atoms with Gasteiger partial charge in [-0.05, 0) is 61.6 Å². The third-order valence-electron chi connectivity index (χ3n) is 7.29. The Bertz CT molecular complexity index is 1120. The van der Waals surface area contributed by atoms with Gasteiger partial charge in [-0.25, -0.2) is 0 Å². The first-order chi connectivity index (χ1) is 16.0. The Morgan fingerprint density at radius 3 is 2.64 bits per heavy atom. The molecular formula is C26H30N4O3. The quantitative estimate of drug-likeness (QED) is 0.484. The van der Waals surface area contributed by atoms with Crippen LogP contribution in [-0.4, -0.2) is 35.2 Å². The monoisotopic (exact) mass is 446 g/mol. The number of rotatable bonds is 10. The van der Waals surface area contributed by atoms with Crippen molar-refractivity contribution in [1.29, 1.82) is 5.26 Å². The van der Waals surface area contributed by atoms with E-state index >= 15 is 0 Å². The van der Waals surface area contributed by atoms with Gasteiger partial charge in [0.15, 0.2) is 5.78 Å². The lowest BCUT2D eigenvalue weighted by atomic mass is 9.92. The Hall–Kier alpha value is -3.14. The fourth-order valence-corrected chi connectivity index (χ4v) is 5.04. The Morgan fingerprint density at radius 2 is 1.97 bits per heavy atom. The average Bonchev–Trinajstić information content (AvgIpc) is 3.73. The summed E-state index contributed by atoms with van der Waals surface area (Å²) in [5, 5.41) is 16.2. The second-order valence-electron chi connectivity index (χ2n) is 9.97. The molecule has 7 heteroatoms. The molecule has 172 valence electrons.